The summed E-state index contributed by atoms with van der Waals surface area (Å²) in [5.74, 6) is -0.0813. The Morgan fingerprint density at radius 2 is 1.91 bits per heavy atom. The monoisotopic (exact) mass is 321 g/mol. The first kappa shape index (κ1) is 16.3. The van der Waals surface area contributed by atoms with Crippen LogP contribution in [-0.4, -0.2) is 12.5 Å². The maximum absolute atomic E-state index is 13.7. The summed E-state index contributed by atoms with van der Waals surface area (Å²) in [4.78, 5) is 11.8. The molecule has 0 bridgehead atoms. The van der Waals surface area contributed by atoms with Gasteiger partial charge in [0.2, 0.25) is 0 Å². The van der Waals surface area contributed by atoms with Crippen molar-refractivity contribution in [2.75, 3.05) is 11.9 Å². The van der Waals surface area contributed by atoms with Crippen LogP contribution in [0.25, 0.3) is 0 Å². The Balaban J connectivity index is 1.91. The first-order chi connectivity index (χ1) is 10.5. The Hall–Kier alpha value is -2.07. The average molecular weight is 322 g/mol. The van der Waals surface area contributed by atoms with E-state index in [-0.39, 0.29) is 17.3 Å². The van der Waals surface area contributed by atoms with Crippen molar-refractivity contribution in [1.82, 2.24) is 0 Å². The molecule has 0 saturated heterocycles. The van der Waals surface area contributed by atoms with Crippen LogP contribution in [0.15, 0.2) is 42.5 Å². The molecule has 0 aliphatic heterocycles. The molecule has 1 amide bonds. The lowest BCUT2D eigenvalue weighted by atomic mass is 10.0. The van der Waals surface area contributed by atoms with Gasteiger partial charge in [-0.3, -0.25) is 4.79 Å². The molecule has 0 fully saturated rings. The van der Waals surface area contributed by atoms with E-state index in [4.69, 9.17) is 16.3 Å². The van der Waals surface area contributed by atoms with E-state index in [1.165, 1.54) is 17.7 Å². The minimum absolute atomic E-state index is 0.0382. The lowest BCUT2D eigenvalue weighted by Crippen LogP contribution is -2.20. The number of rotatable bonds is 5. The number of benzene rings is 2. The summed E-state index contributed by atoms with van der Waals surface area (Å²) in [6.07, 6.45) is 0. The van der Waals surface area contributed by atoms with Crippen LogP contribution in [0.1, 0.15) is 25.3 Å². The van der Waals surface area contributed by atoms with Gasteiger partial charge in [0.25, 0.3) is 5.91 Å². The SMILES string of the molecule is CC(C)c1ccc(OCC(=O)Nc2cccc(Cl)c2F)cc1. The number of carbonyl (C=O) groups is 1. The zero-order valence-electron chi connectivity index (χ0n) is 12.4. The number of nitrogens with one attached hydrogen (secondary N) is 1. The van der Waals surface area contributed by atoms with Gasteiger partial charge >= 0.3 is 0 Å². The zero-order valence-corrected chi connectivity index (χ0v) is 13.2. The van der Waals surface area contributed by atoms with E-state index in [9.17, 15) is 9.18 Å². The Bertz CT molecular complexity index is 656. The fourth-order valence-electron chi connectivity index (χ4n) is 1.88. The number of hydrogen-bond acceptors (Lipinski definition) is 2. The van der Waals surface area contributed by atoms with Crippen molar-refractivity contribution >= 4 is 23.2 Å². The Morgan fingerprint density at radius 3 is 2.55 bits per heavy atom. The molecule has 22 heavy (non-hydrogen) atoms. The molecule has 0 saturated carbocycles. The summed E-state index contributed by atoms with van der Waals surface area (Å²) in [7, 11) is 0. The van der Waals surface area contributed by atoms with E-state index in [1.54, 1.807) is 6.07 Å². The number of hydrogen-bond donors (Lipinski definition) is 1. The van der Waals surface area contributed by atoms with Crippen LogP contribution in [0.3, 0.4) is 0 Å². The second kappa shape index (κ2) is 7.27. The highest BCUT2D eigenvalue weighted by molar-refractivity contribution is 6.31. The second-order valence-corrected chi connectivity index (χ2v) is 5.57. The largest absolute Gasteiger partial charge is 0.484 e. The van der Waals surface area contributed by atoms with Crippen molar-refractivity contribution in [1.29, 1.82) is 0 Å². The molecule has 5 heteroatoms. The van der Waals surface area contributed by atoms with Gasteiger partial charge in [-0.2, -0.15) is 0 Å². The number of halogens is 2. The molecule has 0 radical (unpaired) electrons. The molecule has 0 unspecified atom stereocenters. The highest BCUT2D eigenvalue weighted by Crippen LogP contribution is 2.22. The number of amides is 1. The van der Waals surface area contributed by atoms with E-state index in [2.05, 4.69) is 19.2 Å². The van der Waals surface area contributed by atoms with Crippen molar-refractivity contribution in [3.63, 3.8) is 0 Å². The molecule has 2 rings (SSSR count). The van der Waals surface area contributed by atoms with Crippen LogP contribution in [0.4, 0.5) is 10.1 Å². The maximum atomic E-state index is 13.7. The number of carbonyl (C=O) groups excluding carboxylic acids is 1. The summed E-state index contributed by atoms with van der Waals surface area (Å²) in [5, 5.41) is 2.39. The fraction of sp³-hybridized carbons (Fsp3) is 0.235. The van der Waals surface area contributed by atoms with Crippen molar-refractivity contribution < 1.29 is 13.9 Å². The normalized spacial score (nSPS) is 10.6. The molecule has 0 aliphatic rings. The molecular weight excluding hydrogens is 305 g/mol. The van der Waals surface area contributed by atoms with Crippen LogP contribution >= 0.6 is 11.6 Å². The van der Waals surface area contributed by atoms with Gasteiger partial charge in [0, 0.05) is 0 Å². The van der Waals surface area contributed by atoms with Crippen molar-refractivity contribution in [3.8, 4) is 5.75 Å². The van der Waals surface area contributed by atoms with Gasteiger partial charge in [0.15, 0.2) is 12.4 Å². The molecular formula is C17H17ClFNO2. The van der Waals surface area contributed by atoms with Gasteiger partial charge in [-0.1, -0.05) is 43.6 Å². The summed E-state index contributed by atoms with van der Waals surface area (Å²) in [6, 6.07) is 11.9. The minimum atomic E-state index is -0.654. The van der Waals surface area contributed by atoms with Crippen LogP contribution in [0, 0.1) is 5.82 Å². The van der Waals surface area contributed by atoms with Crippen LogP contribution in [0.2, 0.25) is 5.02 Å². The summed E-state index contributed by atoms with van der Waals surface area (Å²) < 4.78 is 19.0. The average Bonchev–Trinajstić information content (AvgIpc) is 2.50. The van der Waals surface area contributed by atoms with E-state index < -0.39 is 11.7 Å². The summed E-state index contributed by atoms with van der Waals surface area (Å²) >= 11 is 5.65. The van der Waals surface area contributed by atoms with E-state index >= 15 is 0 Å². The maximum Gasteiger partial charge on any atom is 0.262 e. The van der Waals surface area contributed by atoms with Gasteiger partial charge in [-0.15, -0.1) is 0 Å². The molecule has 0 atom stereocenters. The third-order valence-electron chi connectivity index (χ3n) is 3.14. The van der Waals surface area contributed by atoms with Crippen molar-refractivity contribution in [3.05, 3.63) is 58.9 Å². The molecule has 0 heterocycles. The van der Waals surface area contributed by atoms with Gasteiger partial charge in [0.05, 0.1) is 10.7 Å². The van der Waals surface area contributed by atoms with E-state index in [0.717, 1.165) is 0 Å². The molecule has 3 nitrogen and oxygen atoms in total. The van der Waals surface area contributed by atoms with Gasteiger partial charge in [-0.25, -0.2) is 4.39 Å². The van der Waals surface area contributed by atoms with Crippen molar-refractivity contribution in [2.45, 2.75) is 19.8 Å². The first-order valence-electron chi connectivity index (χ1n) is 6.94. The first-order valence-corrected chi connectivity index (χ1v) is 7.32. The number of anilines is 1. The standard InChI is InChI=1S/C17H17ClFNO2/c1-11(2)12-6-8-13(9-7-12)22-10-16(21)20-15-5-3-4-14(18)17(15)19/h3-9,11H,10H2,1-2H3,(H,20,21). The van der Waals surface area contributed by atoms with Gasteiger partial charge < -0.3 is 10.1 Å². The molecule has 1 N–H and O–H groups in total. The Morgan fingerprint density at radius 1 is 1.23 bits per heavy atom. The van der Waals surface area contributed by atoms with Gasteiger partial charge in [0.1, 0.15) is 5.75 Å². The Kier molecular flexibility index (Phi) is 5.39. The predicted molar refractivity (Wildman–Crippen MR) is 86.1 cm³/mol. The topological polar surface area (TPSA) is 38.3 Å². The van der Waals surface area contributed by atoms with Crippen LogP contribution < -0.4 is 10.1 Å². The third kappa shape index (κ3) is 4.21. The van der Waals surface area contributed by atoms with E-state index in [0.29, 0.717) is 11.7 Å². The Labute approximate surface area is 134 Å². The molecule has 0 aliphatic carbocycles. The lowest BCUT2D eigenvalue weighted by Gasteiger charge is -2.10. The predicted octanol–water partition coefficient (Wildman–Crippen LogP) is 4.62. The highest BCUT2D eigenvalue weighted by atomic mass is 35.5. The lowest BCUT2D eigenvalue weighted by molar-refractivity contribution is -0.118. The van der Waals surface area contributed by atoms with Crippen LogP contribution in [0.5, 0.6) is 5.75 Å². The van der Waals surface area contributed by atoms with Gasteiger partial charge in [-0.05, 0) is 35.7 Å². The molecule has 116 valence electrons. The van der Waals surface area contributed by atoms with Crippen molar-refractivity contribution in [2.24, 2.45) is 0 Å². The smallest absolute Gasteiger partial charge is 0.262 e. The fourth-order valence-corrected chi connectivity index (χ4v) is 2.06. The number of ether oxygens (including phenoxy) is 1. The second-order valence-electron chi connectivity index (χ2n) is 5.16. The summed E-state index contributed by atoms with van der Waals surface area (Å²) in [6.45, 7) is 4.00. The molecule has 0 aromatic heterocycles. The van der Waals surface area contributed by atoms with E-state index in [1.807, 2.05) is 24.3 Å². The highest BCUT2D eigenvalue weighted by Gasteiger charge is 2.10. The minimum Gasteiger partial charge on any atom is -0.484 e. The zero-order chi connectivity index (χ0) is 16.1. The third-order valence-corrected chi connectivity index (χ3v) is 3.43. The molecule has 0 spiro atoms. The van der Waals surface area contributed by atoms with Crippen LogP contribution in [-0.2, 0) is 4.79 Å². The summed E-state index contributed by atoms with van der Waals surface area (Å²) in [5.41, 5.74) is 1.23. The molecule has 2 aromatic carbocycles. The molecule has 2 aromatic rings. The quantitative estimate of drug-likeness (QED) is 0.872.